The van der Waals surface area contributed by atoms with Gasteiger partial charge in [-0.3, -0.25) is 4.79 Å². The zero-order chi connectivity index (χ0) is 15.8. The van der Waals surface area contributed by atoms with Crippen LogP contribution in [0, 0.1) is 0 Å². The molecule has 3 atom stereocenters. The minimum absolute atomic E-state index is 0.0459. The van der Waals surface area contributed by atoms with Crippen LogP contribution >= 0.6 is 0 Å². The van der Waals surface area contributed by atoms with Gasteiger partial charge >= 0.3 is 0 Å². The minimum Gasteiger partial charge on any atom is -0.454 e. The topological polar surface area (TPSA) is 57.2 Å². The lowest BCUT2D eigenvalue weighted by Crippen LogP contribution is -2.45. The number of nitrogens with zero attached hydrogens (tertiary/aromatic N) is 1. The molecule has 6 heteroatoms. The number of ether oxygens (including phenoxy) is 4. The second-order valence-corrected chi connectivity index (χ2v) is 6.25. The number of methoxy groups -OCH3 is 1. The van der Waals surface area contributed by atoms with Gasteiger partial charge in [0, 0.05) is 19.2 Å². The van der Waals surface area contributed by atoms with Crippen molar-refractivity contribution < 1.29 is 23.7 Å². The fourth-order valence-electron chi connectivity index (χ4n) is 3.75. The second-order valence-electron chi connectivity index (χ2n) is 6.25. The lowest BCUT2D eigenvalue weighted by Gasteiger charge is -2.35. The number of likely N-dealkylation sites (tertiary alicyclic amines) is 1. The quantitative estimate of drug-likeness (QED) is 0.851. The predicted octanol–water partition coefficient (Wildman–Crippen LogP) is 1.82. The zero-order valence-electron chi connectivity index (χ0n) is 13.2. The third-order valence-electron chi connectivity index (χ3n) is 4.87. The molecule has 0 spiro atoms. The Kier molecular flexibility index (Phi) is 3.87. The van der Waals surface area contributed by atoms with E-state index in [0.29, 0.717) is 23.7 Å². The number of fused-ring (bicyclic) bond motifs is 2. The lowest BCUT2D eigenvalue weighted by atomic mass is 9.99. The maximum atomic E-state index is 12.9. The van der Waals surface area contributed by atoms with Crippen molar-refractivity contribution in [3.05, 3.63) is 23.8 Å². The van der Waals surface area contributed by atoms with Crippen molar-refractivity contribution in [2.24, 2.45) is 0 Å². The fraction of sp³-hybridized carbons (Fsp3) is 0.588. The molecule has 23 heavy (non-hydrogen) atoms. The Labute approximate surface area is 135 Å². The summed E-state index contributed by atoms with van der Waals surface area (Å²) in [4.78, 5) is 14.8. The number of carbonyl (C=O) groups is 1. The Bertz CT molecular complexity index is 605. The second kappa shape index (κ2) is 6.02. The molecular weight excluding hydrogens is 298 g/mol. The average molecular weight is 319 g/mol. The van der Waals surface area contributed by atoms with E-state index in [9.17, 15) is 4.79 Å². The molecule has 2 saturated heterocycles. The molecule has 1 aromatic carbocycles. The molecule has 3 heterocycles. The highest BCUT2D eigenvalue weighted by Gasteiger charge is 2.42. The molecule has 0 radical (unpaired) electrons. The molecule has 4 rings (SSSR count). The van der Waals surface area contributed by atoms with Gasteiger partial charge in [0.05, 0.1) is 24.9 Å². The smallest absolute Gasteiger partial charge is 0.254 e. The number of rotatable bonds is 3. The third-order valence-corrected chi connectivity index (χ3v) is 4.87. The molecular formula is C17H21NO5. The van der Waals surface area contributed by atoms with Gasteiger partial charge in [0.15, 0.2) is 11.5 Å². The van der Waals surface area contributed by atoms with Gasteiger partial charge in [-0.1, -0.05) is 0 Å². The summed E-state index contributed by atoms with van der Waals surface area (Å²) < 4.78 is 21.9. The van der Waals surface area contributed by atoms with E-state index in [2.05, 4.69) is 0 Å². The lowest BCUT2D eigenvalue weighted by molar-refractivity contribution is -0.0902. The standard InChI is InChI=1S/C17H21NO5/c1-20-9-12-3-4-13-14(23-12)6-7-18(13)17(19)11-2-5-15-16(8-11)22-10-21-15/h2,5,8,12-14H,3-4,6-7,9-10H2,1H3/t12-,13+,14+/m0/s1. The molecule has 0 unspecified atom stereocenters. The molecule has 6 nitrogen and oxygen atoms in total. The summed E-state index contributed by atoms with van der Waals surface area (Å²) >= 11 is 0. The van der Waals surface area contributed by atoms with Gasteiger partial charge in [-0.2, -0.15) is 0 Å². The maximum Gasteiger partial charge on any atom is 0.254 e. The summed E-state index contributed by atoms with van der Waals surface area (Å²) in [7, 11) is 1.69. The van der Waals surface area contributed by atoms with Crippen LogP contribution in [0.4, 0.5) is 0 Å². The summed E-state index contributed by atoms with van der Waals surface area (Å²) in [5, 5.41) is 0. The summed E-state index contributed by atoms with van der Waals surface area (Å²) in [6.45, 7) is 1.58. The molecule has 3 aliphatic rings. The molecule has 1 aromatic rings. The number of amides is 1. The summed E-state index contributed by atoms with van der Waals surface area (Å²) in [6, 6.07) is 5.55. The number of hydrogen-bond acceptors (Lipinski definition) is 5. The summed E-state index contributed by atoms with van der Waals surface area (Å²) in [5.74, 6) is 1.39. The van der Waals surface area contributed by atoms with Crippen molar-refractivity contribution in [1.82, 2.24) is 4.90 Å². The van der Waals surface area contributed by atoms with Gasteiger partial charge in [-0.15, -0.1) is 0 Å². The summed E-state index contributed by atoms with van der Waals surface area (Å²) in [5.41, 5.74) is 0.647. The molecule has 0 aromatic heterocycles. The van der Waals surface area contributed by atoms with E-state index in [1.165, 1.54) is 0 Å². The first-order chi connectivity index (χ1) is 11.3. The molecule has 1 amide bonds. The minimum atomic E-state index is 0.0459. The van der Waals surface area contributed by atoms with Gasteiger partial charge in [0.1, 0.15) is 0 Å². The molecule has 0 saturated carbocycles. The Hall–Kier alpha value is -1.79. The molecule has 2 fully saturated rings. The van der Waals surface area contributed by atoms with E-state index in [4.69, 9.17) is 18.9 Å². The number of carbonyl (C=O) groups excluding carboxylic acids is 1. The predicted molar refractivity (Wildman–Crippen MR) is 81.8 cm³/mol. The van der Waals surface area contributed by atoms with E-state index >= 15 is 0 Å². The van der Waals surface area contributed by atoms with Crippen molar-refractivity contribution in [3.63, 3.8) is 0 Å². The Morgan fingerprint density at radius 1 is 1.26 bits per heavy atom. The van der Waals surface area contributed by atoms with Gasteiger partial charge in [0.25, 0.3) is 5.91 Å². The van der Waals surface area contributed by atoms with Crippen LogP contribution in [0.25, 0.3) is 0 Å². The van der Waals surface area contributed by atoms with Gasteiger partial charge in [-0.25, -0.2) is 0 Å². The maximum absolute atomic E-state index is 12.9. The summed E-state index contributed by atoms with van der Waals surface area (Å²) in [6.07, 6.45) is 3.07. The van der Waals surface area contributed by atoms with Crippen molar-refractivity contribution in [2.45, 2.75) is 37.5 Å². The van der Waals surface area contributed by atoms with E-state index in [0.717, 1.165) is 25.8 Å². The fourth-order valence-corrected chi connectivity index (χ4v) is 3.75. The zero-order valence-corrected chi connectivity index (χ0v) is 13.2. The van der Waals surface area contributed by atoms with Gasteiger partial charge in [-0.05, 0) is 37.5 Å². The largest absolute Gasteiger partial charge is 0.454 e. The number of hydrogen-bond donors (Lipinski definition) is 0. The first-order valence-electron chi connectivity index (χ1n) is 8.11. The van der Waals surface area contributed by atoms with Crippen molar-refractivity contribution in [3.8, 4) is 11.5 Å². The van der Waals surface area contributed by atoms with Crippen molar-refractivity contribution in [2.75, 3.05) is 27.1 Å². The van der Waals surface area contributed by atoms with Crippen LogP contribution in [0.2, 0.25) is 0 Å². The van der Waals surface area contributed by atoms with Crippen LogP contribution in [0.15, 0.2) is 18.2 Å². The molecule has 3 aliphatic heterocycles. The van der Waals surface area contributed by atoms with Crippen LogP contribution < -0.4 is 9.47 Å². The van der Waals surface area contributed by atoms with E-state index < -0.39 is 0 Å². The van der Waals surface area contributed by atoms with Crippen molar-refractivity contribution in [1.29, 1.82) is 0 Å². The highest BCUT2D eigenvalue weighted by Crippen LogP contribution is 2.35. The molecule has 0 N–H and O–H groups in total. The molecule has 0 bridgehead atoms. The van der Waals surface area contributed by atoms with Crippen LogP contribution in [0.5, 0.6) is 11.5 Å². The van der Waals surface area contributed by atoms with E-state index in [1.54, 1.807) is 25.3 Å². The van der Waals surface area contributed by atoms with Crippen LogP contribution in [-0.4, -0.2) is 56.1 Å². The van der Waals surface area contributed by atoms with Gasteiger partial charge < -0.3 is 23.8 Å². The Balaban J connectivity index is 1.47. The van der Waals surface area contributed by atoms with Crippen LogP contribution in [0.1, 0.15) is 29.6 Å². The third kappa shape index (κ3) is 2.66. The SMILES string of the molecule is COC[C@@H]1CC[C@@H]2[C@@H](CCN2C(=O)c2ccc3c(c2)OCO3)O1. The molecule has 0 aliphatic carbocycles. The molecule has 124 valence electrons. The Morgan fingerprint density at radius 2 is 2.13 bits per heavy atom. The highest BCUT2D eigenvalue weighted by molar-refractivity contribution is 5.95. The van der Waals surface area contributed by atoms with Gasteiger partial charge in [0.2, 0.25) is 6.79 Å². The van der Waals surface area contributed by atoms with Crippen LogP contribution in [-0.2, 0) is 9.47 Å². The van der Waals surface area contributed by atoms with Crippen molar-refractivity contribution >= 4 is 5.91 Å². The van der Waals surface area contributed by atoms with Crippen LogP contribution in [0.3, 0.4) is 0 Å². The average Bonchev–Trinajstić information content (AvgIpc) is 3.20. The first-order valence-corrected chi connectivity index (χ1v) is 8.11. The van der Waals surface area contributed by atoms with E-state index in [-0.39, 0.29) is 30.9 Å². The Morgan fingerprint density at radius 3 is 3.00 bits per heavy atom. The normalized spacial score (nSPS) is 28.7. The first kappa shape index (κ1) is 14.8. The highest BCUT2D eigenvalue weighted by atomic mass is 16.7. The number of benzene rings is 1. The van der Waals surface area contributed by atoms with E-state index in [1.807, 2.05) is 4.90 Å². The monoisotopic (exact) mass is 319 g/mol.